The fourth-order valence-electron chi connectivity index (χ4n) is 4.44. The molecule has 18 heavy (non-hydrogen) atoms. The zero-order valence-electron chi connectivity index (χ0n) is 11.7. The van der Waals surface area contributed by atoms with Gasteiger partial charge in [0.1, 0.15) is 0 Å². The first-order valence-electron chi connectivity index (χ1n) is 7.80. The molecule has 0 saturated heterocycles. The van der Waals surface area contributed by atoms with Crippen molar-refractivity contribution in [1.29, 1.82) is 0 Å². The van der Waals surface area contributed by atoms with Crippen molar-refractivity contribution in [3.05, 3.63) is 0 Å². The van der Waals surface area contributed by atoms with E-state index in [1.54, 1.807) is 0 Å². The quantitative estimate of drug-likeness (QED) is 0.726. The maximum absolute atomic E-state index is 6.24. The van der Waals surface area contributed by atoms with Crippen molar-refractivity contribution in [1.82, 2.24) is 4.90 Å². The van der Waals surface area contributed by atoms with Crippen LogP contribution in [0.5, 0.6) is 0 Å². The summed E-state index contributed by atoms with van der Waals surface area (Å²) in [5.74, 6) is 1.69. The van der Waals surface area contributed by atoms with Crippen LogP contribution in [-0.4, -0.2) is 29.0 Å². The molecule has 1 spiro atoms. The van der Waals surface area contributed by atoms with Crippen LogP contribution in [0.25, 0.3) is 0 Å². The van der Waals surface area contributed by atoms with E-state index in [2.05, 4.69) is 16.8 Å². The molecule has 0 radical (unpaired) electrons. The van der Waals surface area contributed by atoms with E-state index in [-0.39, 0.29) is 0 Å². The van der Waals surface area contributed by atoms with E-state index in [9.17, 15) is 0 Å². The highest BCUT2D eigenvalue weighted by atomic mass is 15.4. The van der Waals surface area contributed by atoms with Gasteiger partial charge in [0.05, 0.1) is 12.1 Å². The van der Waals surface area contributed by atoms with Crippen molar-refractivity contribution >= 4 is 5.96 Å². The van der Waals surface area contributed by atoms with Gasteiger partial charge in [-0.05, 0) is 38.0 Å². The molecular formula is C15H27N3. The lowest BCUT2D eigenvalue weighted by molar-refractivity contribution is 0.137. The third kappa shape index (κ3) is 2.02. The molecule has 3 rings (SSSR count). The molecule has 2 N–H and O–H groups in total. The molecule has 2 aliphatic carbocycles. The van der Waals surface area contributed by atoms with Crippen molar-refractivity contribution in [2.45, 2.75) is 76.3 Å². The fourth-order valence-corrected chi connectivity index (χ4v) is 4.44. The second-order valence-electron chi connectivity index (χ2n) is 6.76. The highest BCUT2D eigenvalue weighted by Crippen LogP contribution is 2.44. The number of aliphatic imine (C=N–C) groups is 1. The highest BCUT2D eigenvalue weighted by molar-refractivity contribution is 5.81. The van der Waals surface area contributed by atoms with Gasteiger partial charge >= 0.3 is 0 Å². The van der Waals surface area contributed by atoms with Gasteiger partial charge in [0.25, 0.3) is 0 Å². The Morgan fingerprint density at radius 1 is 1.17 bits per heavy atom. The summed E-state index contributed by atoms with van der Waals surface area (Å²) in [6.07, 6.45) is 12.2. The van der Waals surface area contributed by atoms with E-state index in [4.69, 9.17) is 5.73 Å². The van der Waals surface area contributed by atoms with Crippen molar-refractivity contribution in [3.8, 4) is 0 Å². The maximum atomic E-state index is 6.24. The normalized spacial score (nSPS) is 38.2. The Morgan fingerprint density at radius 3 is 2.50 bits per heavy atom. The van der Waals surface area contributed by atoms with Crippen molar-refractivity contribution in [2.75, 3.05) is 6.54 Å². The fraction of sp³-hybridized carbons (Fsp3) is 0.933. The van der Waals surface area contributed by atoms with Gasteiger partial charge < -0.3 is 10.6 Å². The third-order valence-corrected chi connectivity index (χ3v) is 5.31. The Balaban J connectivity index is 1.80. The summed E-state index contributed by atoms with van der Waals surface area (Å²) < 4.78 is 0. The minimum atomic E-state index is 0.304. The summed E-state index contributed by atoms with van der Waals surface area (Å²) in [5, 5.41) is 0. The van der Waals surface area contributed by atoms with Crippen LogP contribution < -0.4 is 5.73 Å². The first-order chi connectivity index (χ1) is 8.71. The molecule has 0 bridgehead atoms. The second kappa shape index (κ2) is 4.75. The van der Waals surface area contributed by atoms with Gasteiger partial charge in [-0.15, -0.1) is 0 Å². The molecule has 3 heteroatoms. The molecule has 2 fully saturated rings. The first kappa shape index (κ1) is 12.3. The average Bonchev–Trinajstić information content (AvgIpc) is 2.74. The van der Waals surface area contributed by atoms with Gasteiger partial charge in [-0.2, -0.15) is 0 Å². The minimum Gasteiger partial charge on any atom is -0.370 e. The molecule has 0 amide bonds. The molecule has 0 aromatic heterocycles. The molecule has 3 aliphatic rings. The Bertz CT molecular complexity index is 331. The minimum absolute atomic E-state index is 0.304. The monoisotopic (exact) mass is 249 g/mol. The van der Waals surface area contributed by atoms with E-state index >= 15 is 0 Å². The largest absolute Gasteiger partial charge is 0.370 e. The molecule has 3 nitrogen and oxygen atoms in total. The summed E-state index contributed by atoms with van der Waals surface area (Å²) in [6.45, 7) is 3.34. The van der Waals surface area contributed by atoms with Crippen molar-refractivity contribution in [2.24, 2.45) is 16.6 Å². The lowest BCUT2D eigenvalue weighted by Gasteiger charge is -2.42. The topological polar surface area (TPSA) is 41.6 Å². The molecule has 1 heterocycles. The SMILES string of the molecule is CC1CCC2(CN=C(N)N2C2CCCCCC2)C1. The number of nitrogens with two attached hydrogens (primary N) is 1. The van der Waals surface area contributed by atoms with Gasteiger partial charge in [-0.3, -0.25) is 4.99 Å². The number of hydrogen-bond acceptors (Lipinski definition) is 3. The zero-order valence-corrected chi connectivity index (χ0v) is 11.7. The molecular weight excluding hydrogens is 222 g/mol. The summed E-state index contributed by atoms with van der Waals surface area (Å²) in [7, 11) is 0. The average molecular weight is 249 g/mol. The number of guanidine groups is 1. The highest BCUT2D eigenvalue weighted by Gasteiger charge is 2.48. The second-order valence-corrected chi connectivity index (χ2v) is 6.76. The van der Waals surface area contributed by atoms with Crippen LogP contribution in [0.15, 0.2) is 4.99 Å². The number of nitrogens with zero attached hydrogens (tertiary/aromatic N) is 2. The molecule has 0 aromatic carbocycles. The Morgan fingerprint density at radius 2 is 1.89 bits per heavy atom. The van der Waals surface area contributed by atoms with Crippen molar-refractivity contribution in [3.63, 3.8) is 0 Å². The number of hydrogen-bond donors (Lipinski definition) is 1. The Labute approximate surface area is 111 Å². The summed E-state index contributed by atoms with van der Waals surface area (Å²) in [4.78, 5) is 7.17. The Hall–Kier alpha value is -0.730. The molecule has 0 aromatic rings. The standard InChI is InChI=1S/C15H27N3/c1-12-8-9-15(10-12)11-17-14(16)18(15)13-6-4-2-3-5-7-13/h12-13H,2-11H2,1H3,(H2,16,17). The van der Waals surface area contributed by atoms with Crippen LogP contribution in [0.3, 0.4) is 0 Å². The van der Waals surface area contributed by atoms with E-state index < -0.39 is 0 Å². The van der Waals surface area contributed by atoms with E-state index in [1.165, 1.54) is 57.8 Å². The van der Waals surface area contributed by atoms with Gasteiger partial charge in [0, 0.05) is 6.04 Å². The maximum Gasteiger partial charge on any atom is 0.192 e. The first-order valence-corrected chi connectivity index (χ1v) is 7.80. The molecule has 102 valence electrons. The molecule has 1 aliphatic heterocycles. The molecule has 2 unspecified atom stereocenters. The molecule has 2 atom stereocenters. The van der Waals surface area contributed by atoms with E-state index in [0.717, 1.165) is 18.4 Å². The van der Waals surface area contributed by atoms with Gasteiger partial charge in [-0.25, -0.2) is 0 Å². The predicted molar refractivity (Wildman–Crippen MR) is 75.6 cm³/mol. The van der Waals surface area contributed by atoms with Gasteiger partial charge in [-0.1, -0.05) is 32.6 Å². The summed E-state index contributed by atoms with van der Waals surface area (Å²) >= 11 is 0. The summed E-state index contributed by atoms with van der Waals surface area (Å²) in [6, 6.07) is 0.670. The van der Waals surface area contributed by atoms with Gasteiger partial charge in [0.15, 0.2) is 5.96 Å². The Kier molecular flexibility index (Phi) is 3.25. The molecule has 2 saturated carbocycles. The zero-order chi connectivity index (χ0) is 12.6. The van der Waals surface area contributed by atoms with Crippen LogP contribution in [0.4, 0.5) is 0 Å². The van der Waals surface area contributed by atoms with Crippen LogP contribution in [0.2, 0.25) is 0 Å². The van der Waals surface area contributed by atoms with Crippen LogP contribution in [0, 0.1) is 5.92 Å². The number of rotatable bonds is 1. The lowest BCUT2D eigenvalue weighted by Crippen LogP contribution is -2.55. The summed E-state index contributed by atoms with van der Waals surface area (Å²) in [5.41, 5.74) is 6.54. The van der Waals surface area contributed by atoms with Crippen LogP contribution >= 0.6 is 0 Å². The third-order valence-electron chi connectivity index (χ3n) is 5.31. The van der Waals surface area contributed by atoms with E-state index in [1.807, 2.05) is 0 Å². The smallest absolute Gasteiger partial charge is 0.192 e. The van der Waals surface area contributed by atoms with Crippen LogP contribution in [-0.2, 0) is 0 Å². The lowest BCUT2D eigenvalue weighted by atomic mass is 9.91. The van der Waals surface area contributed by atoms with E-state index in [0.29, 0.717) is 11.6 Å². The van der Waals surface area contributed by atoms with Crippen molar-refractivity contribution < 1.29 is 0 Å². The van der Waals surface area contributed by atoms with Gasteiger partial charge in [0.2, 0.25) is 0 Å². The van der Waals surface area contributed by atoms with Crippen LogP contribution in [0.1, 0.15) is 64.7 Å². The predicted octanol–water partition coefficient (Wildman–Crippen LogP) is 2.90.